The smallest absolute Gasteiger partial charge is 0.328 e. The lowest BCUT2D eigenvalue weighted by atomic mass is 10.1. The van der Waals surface area contributed by atoms with Gasteiger partial charge in [-0.25, -0.2) is 4.79 Å². The topological polar surface area (TPSA) is 106 Å². The van der Waals surface area contributed by atoms with Crippen molar-refractivity contribution in [3.8, 4) is 0 Å². The van der Waals surface area contributed by atoms with Gasteiger partial charge in [0.2, 0.25) is 0 Å². The van der Waals surface area contributed by atoms with E-state index < -0.39 is 29.8 Å². The molecule has 1 aromatic rings. The number of carbonyl (C=O) groups is 3. The number of rotatable bonds is 11. The van der Waals surface area contributed by atoms with E-state index >= 15 is 0 Å². The fraction of sp³-hybridized carbons (Fsp3) is 0.500. The van der Waals surface area contributed by atoms with E-state index in [0.29, 0.717) is 11.8 Å². The van der Waals surface area contributed by atoms with Gasteiger partial charge >= 0.3 is 5.97 Å². The van der Waals surface area contributed by atoms with Crippen LogP contribution in [0, 0.1) is 5.41 Å². The van der Waals surface area contributed by atoms with Gasteiger partial charge in [-0.3, -0.25) is 9.59 Å². The van der Waals surface area contributed by atoms with Gasteiger partial charge in [0.25, 0.3) is 5.91 Å². The number of Topliss-reactive ketones (excluding diaryl/α,β-unsaturated/α-hetero) is 1. The predicted molar refractivity (Wildman–Crippen MR) is 99.5 cm³/mol. The fourth-order valence-electron chi connectivity index (χ4n) is 2.49. The summed E-state index contributed by atoms with van der Waals surface area (Å²) in [5.74, 6) is -1.46. The van der Waals surface area contributed by atoms with Gasteiger partial charge < -0.3 is 20.2 Å². The Morgan fingerprint density at radius 1 is 1.22 bits per heavy atom. The van der Waals surface area contributed by atoms with E-state index in [-0.39, 0.29) is 25.0 Å². The molecule has 1 aliphatic carbocycles. The monoisotopic (exact) mass is 374 g/mol. The zero-order valence-electron chi connectivity index (χ0n) is 15.6. The maximum atomic E-state index is 12.8. The maximum absolute atomic E-state index is 12.8. The van der Waals surface area contributed by atoms with Gasteiger partial charge in [-0.1, -0.05) is 30.3 Å². The Morgan fingerprint density at radius 3 is 2.44 bits per heavy atom. The molecule has 0 saturated heterocycles. The maximum Gasteiger partial charge on any atom is 0.328 e. The minimum absolute atomic E-state index is 0.0267. The van der Waals surface area contributed by atoms with Crippen molar-refractivity contribution in [2.45, 2.75) is 63.9 Å². The summed E-state index contributed by atoms with van der Waals surface area (Å²) in [7, 11) is 0. The number of ether oxygens (including phenoxy) is 2. The minimum atomic E-state index is -0.974. The second kappa shape index (κ2) is 9.97. The van der Waals surface area contributed by atoms with E-state index in [4.69, 9.17) is 14.9 Å². The molecule has 1 aliphatic rings. The second-order valence-electron chi connectivity index (χ2n) is 6.82. The number of ketones is 1. The average molecular weight is 374 g/mol. The van der Waals surface area contributed by atoms with Crippen LogP contribution in [0.2, 0.25) is 0 Å². The van der Waals surface area contributed by atoms with Crippen molar-refractivity contribution in [1.82, 2.24) is 5.32 Å². The normalized spacial score (nSPS) is 15.7. The Morgan fingerprint density at radius 2 is 1.89 bits per heavy atom. The summed E-state index contributed by atoms with van der Waals surface area (Å²) in [6.45, 7) is 3.42. The van der Waals surface area contributed by atoms with E-state index in [1.807, 2.05) is 18.2 Å². The predicted octanol–water partition coefficient (Wildman–Crippen LogP) is 2.34. The number of benzene rings is 1. The fourth-order valence-corrected chi connectivity index (χ4v) is 2.49. The van der Waals surface area contributed by atoms with Crippen LogP contribution in [0.25, 0.3) is 0 Å². The Hall–Kier alpha value is -2.54. The number of carbonyl (C=O) groups excluding carboxylic acids is 3. The average Bonchev–Trinajstić information content (AvgIpc) is 3.46. The van der Waals surface area contributed by atoms with Crippen molar-refractivity contribution < 1.29 is 23.9 Å². The van der Waals surface area contributed by atoms with Gasteiger partial charge in [-0.05, 0) is 38.7 Å². The third kappa shape index (κ3) is 6.94. The van der Waals surface area contributed by atoms with Crippen molar-refractivity contribution in [3.63, 3.8) is 0 Å². The molecule has 1 fully saturated rings. The van der Waals surface area contributed by atoms with Gasteiger partial charge in [0.05, 0.1) is 18.4 Å². The minimum Gasteiger partial charge on any atom is -0.461 e. The number of esters is 1. The number of hydrogen-bond donors (Lipinski definition) is 2. The number of nitrogens with one attached hydrogen (secondary N) is 2. The number of amides is 1. The summed E-state index contributed by atoms with van der Waals surface area (Å²) in [4.78, 5) is 36.6. The summed E-state index contributed by atoms with van der Waals surface area (Å²) >= 11 is 0. The summed E-state index contributed by atoms with van der Waals surface area (Å²) in [5, 5.41) is 9.65. The molecule has 7 heteroatoms. The second-order valence-corrected chi connectivity index (χ2v) is 6.82. The molecule has 0 aromatic heterocycles. The largest absolute Gasteiger partial charge is 0.461 e. The molecule has 0 bridgehead atoms. The standard InChI is InChI=1S/C20H26N2O5/c1-13(2)26-20(25)17(11-8-15(23)12-21)22-19(24)18(27-16-9-10-16)14-6-4-3-5-7-14/h3-7,12-13,16-18,21H,8-11H2,1-2H3,(H,22,24)/t17-,18-/m0/s1. The van der Waals surface area contributed by atoms with Crippen LogP contribution in [-0.4, -0.2) is 42.1 Å². The van der Waals surface area contributed by atoms with Gasteiger partial charge in [0, 0.05) is 6.42 Å². The SMILES string of the molecule is CC(C)OC(=O)[C@H](CCC(=O)C=N)NC(=O)[C@@H](OC1CC1)c1ccccc1. The zero-order chi connectivity index (χ0) is 19.8. The first-order valence-electron chi connectivity index (χ1n) is 9.15. The molecule has 0 heterocycles. The van der Waals surface area contributed by atoms with E-state index in [2.05, 4.69) is 5.32 Å². The molecule has 146 valence electrons. The quantitative estimate of drug-likeness (QED) is 0.457. The summed E-state index contributed by atoms with van der Waals surface area (Å²) in [6, 6.07) is 8.11. The molecular weight excluding hydrogens is 348 g/mol. The van der Waals surface area contributed by atoms with Crippen molar-refractivity contribution in [2.24, 2.45) is 0 Å². The van der Waals surface area contributed by atoms with Gasteiger partial charge in [0.15, 0.2) is 11.9 Å². The Balaban J connectivity index is 2.11. The van der Waals surface area contributed by atoms with Gasteiger partial charge in [0.1, 0.15) is 6.04 Å². The summed E-state index contributed by atoms with van der Waals surface area (Å²) in [5.41, 5.74) is 0.702. The van der Waals surface area contributed by atoms with Crippen LogP contribution in [0.3, 0.4) is 0 Å². The first kappa shape index (κ1) is 20.8. The Kier molecular flexibility index (Phi) is 7.67. The van der Waals surface area contributed by atoms with Crippen molar-refractivity contribution in [2.75, 3.05) is 0 Å². The molecule has 0 aliphatic heterocycles. The molecule has 0 spiro atoms. The third-order valence-electron chi connectivity index (χ3n) is 3.99. The molecule has 27 heavy (non-hydrogen) atoms. The summed E-state index contributed by atoms with van der Waals surface area (Å²) < 4.78 is 11.0. The molecule has 2 N–H and O–H groups in total. The van der Waals surface area contributed by atoms with Gasteiger partial charge in [-0.2, -0.15) is 0 Å². The van der Waals surface area contributed by atoms with Crippen molar-refractivity contribution in [3.05, 3.63) is 35.9 Å². The van der Waals surface area contributed by atoms with E-state index in [9.17, 15) is 14.4 Å². The molecule has 0 unspecified atom stereocenters. The molecule has 1 amide bonds. The van der Waals surface area contributed by atoms with E-state index in [1.54, 1.807) is 26.0 Å². The van der Waals surface area contributed by atoms with E-state index in [1.165, 1.54) is 0 Å². The lowest BCUT2D eigenvalue weighted by Gasteiger charge is -2.23. The van der Waals surface area contributed by atoms with Crippen LogP contribution in [0.15, 0.2) is 30.3 Å². The molecule has 7 nitrogen and oxygen atoms in total. The molecule has 2 atom stereocenters. The van der Waals surface area contributed by atoms with Crippen molar-refractivity contribution >= 4 is 23.9 Å². The Bertz CT molecular complexity index is 670. The molecule has 2 rings (SSSR count). The van der Waals surface area contributed by atoms with Crippen LogP contribution in [0.1, 0.15) is 51.2 Å². The lowest BCUT2D eigenvalue weighted by Crippen LogP contribution is -2.45. The molecule has 1 aromatic carbocycles. The molecule has 0 radical (unpaired) electrons. The molecular formula is C20H26N2O5. The van der Waals surface area contributed by atoms with Crippen LogP contribution in [0.4, 0.5) is 0 Å². The zero-order valence-corrected chi connectivity index (χ0v) is 15.6. The van der Waals surface area contributed by atoms with E-state index in [0.717, 1.165) is 12.8 Å². The highest BCUT2D eigenvalue weighted by atomic mass is 16.5. The summed E-state index contributed by atoms with van der Waals surface area (Å²) in [6.07, 6.45) is 1.43. The first-order valence-corrected chi connectivity index (χ1v) is 9.15. The van der Waals surface area contributed by atoms with Crippen LogP contribution in [0.5, 0.6) is 0 Å². The van der Waals surface area contributed by atoms with Gasteiger partial charge in [-0.15, -0.1) is 0 Å². The van der Waals surface area contributed by atoms with Crippen LogP contribution in [-0.2, 0) is 23.9 Å². The first-order chi connectivity index (χ1) is 12.9. The van der Waals surface area contributed by atoms with Crippen LogP contribution >= 0.6 is 0 Å². The molecule has 1 saturated carbocycles. The highest BCUT2D eigenvalue weighted by Gasteiger charge is 2.33. The highest BCUT2D eigenvalue weighted by Crippen LogP contribution is 2.31. The van der Waals surface area contributed by atoms with Crippen LogP contribution < -0.4 is 5.32 Å². The highest BCUT2D eigenvalue weighted by molar-refractivity contribution is 6.26. The van der Waals surface area contributed by atoms with Crippen molar-refractivity contribution in [1.29, 1.82) is 5.41 Å². The lowest BCUT2D eigenvalue weighted by molar-refractivity contribution is -0.153. The Labute approximate surface area is 158 Å². The third-order valence-corrected chi connectivity index (χ3v) is 3.99. The number of hydrogen-bond acceptors (Lipinski definition) is 6.